The van der Waals surface area contributed by atoms with Crippen molar-refractivity contribution in [3.63, 3.8) is 0 Å². The third-order valence-corrected chi connectivity index (χ3v) is 6.67. The molecule has 9 heteroatoms. The van der Waals surface area contributed by atoms with Crippen LogP contribution in [-0.4, -0.2) is 102 Å². The number of likely N-dealkylation sites (N-methyl/N-ethyl adjacent to an activating group) is 2. The maximum absolute atomic E-state index is 10.9. The molecule has 0 radical (unpaired) electrons. The topological polar surface area (TPSA) is 85.3 Å². The first-order chi connectivity index (χ1) is 15.8. The van der Waals surface area contributed by atoms with Gasteiger partial charge in [0.25, 0.3) is 10.1 Å². The quantitative estimate of drug-likeness (QED) is 0.187. The molecule has 1 rings (SSSR count). The first-order valence-electron chi connectivity index (χ1n) is 12.2. The van der Waals surface area contributed by atoms with Gasteiger partial charge in [0.05, 0.1) is 65.0 Å². The van der Waals surface area contributed by atoms with Crippen LogP contribution in [-0.2, 0) is 24.3 Å². The van der Waals surface area contributed by atoms with E-state index in [-0.39, 0.29) is 18.0 Å². The maximum Gasteiger partial charge on any atom is 0.265 e. The van der Waals surface area contributed by atoms with E-state index in [4.69, 9.17) is 18.8 Å². The third-order valence-electron chi connectivity index (χ3n) is 5.86. The van der Waals surface area contributed by atoms with Crippen molar-refractivity contribution in [1.82, 2.24) is 0 Å². The minimum Gasteiger partial charge on any atom is -0.376 e. The summed E-state index contributed by atoms with van der Waals surface area (Å²) in [4.78, 5) is 2.31. The fourth-order valence-electron chi connectivity index (χ4n) is 3.51. The summed E-state index contributed by atoms with van der Waals surface area (Å²) in [7, 11) is 0.144. The van der Waals surface area contributed by atoms with Gasteiger partial charge in [0.2, 0.25) is 0 Å². The van der Waals surface area contributed by atoms with Crippen molar-refractivity contribution >= 4 is 15.8 Å². The molecule has 0 spiro atoms. The van der Waals surface area contributed by atoms with Crippen LogP contribution >= 0.6 is 0 Å². The monoisotopic (exact) mass is 503 g/mol. The number of aryl methyl sites for hydroxylation is 2. The van der Waals surface area contributed by atoms with Crippen molar-refractivity contribution in [2.45, 2.75) is 53.2 Å². The molecule has 0 aliphatic rings. The van der Waals surface area contributed by atoms with Crippen LogP contribution in [0.1, 0.15) is 38.3 Å². The van der Waals surface area contributed by atoms with Gasteiger partial charge in [0.1, 0.15) is 6.54 Å². The highest BCUT2D eigenvalue weighted by Gasteiger charge is 2.18. The molecule has 1 unspecified atom stereocenters. The molecule has 1 atom stereocenters. The summed E-state index contributed by atoms with van der Waals surface area (Å²) in [5.41, 5.74) is 3.75. The van der Waals surface area contributed by atoms with Crippen LogP contribution in [0.25, 0.3) is 0 Å². The van der Waals surface area contributed by atoms with E-state index in [1.807, 2.05) is 27.9 Å². The van der Waals surface area contributed by atoms with Crippen molar-refractivity contribution < 1.29 is 31.7 Å². The van der Waals surface area contributed by atoms with Crippen LogP contribution in [0.3, 0.4) is 0 Å². The molecule has 0 saturated carbocycles. The SMILES string of the molecule is CCN(CC(COC(C)C)OCCOCC[N+](C)(C)CCCS(=O)(=O)O)c1ccc(C)c(C)c1. The van der Waals surface area contributed by atoms with Gasteiger partial charge in [-0.25, -0.2) is 0 Å². The van der Waals surface area contributed by atoms with Crippen LogP contribution in [0.4, 0.5) is 5.69 Å². The molecule has 34 heavy (non-hydrogen) atoms. The summed E-state index contributed by atoms with van der Waals surface area (Å²) >= 11 is 0. The zero-order valence-corrected chi connectivity index (χ0v) is 23.1. The summed E-state index contributed by atoms with van der Waals surface area (Å²) < 4.78 is 49.0. The van der Waals surface area contributed by atoms with E-state index in [1.165, 1.54) is 16.8 Å². The fraction of sp³-hybridized carbons (Fsp3) is 0.760. The molecule has 1 aromatic rings. The number of nitrogens with zero attached hydrogens (tertiary/aromatic N) is 2. The molecule has 1 N–H and O–H groups in total. The number of benzene rings is 1. The number of hydrogen-bond acceptors (Lipinski definition) is 6. The van der Waals surface area contributed by atoms with E-state index in [0.29, 0.717) is 43.9 Å². The standard InChI is InChI=1S/C25H46N2O6S/c1-8-26(24-11-10-22(4)23(5)18-24)19-25(20-33-21(2)3)32-16-15-31-14-13-27(6,7)12-9-17-34(28,29)30/h10-11,18,21,25H,8-9,12-17,19-20H2,1-7H3/p+1. The first kappa shape index (κ1) is 30.8. The molecule has 0 aliphatic heterocycles. The average Bonchev–Trinajstić information content (AvgIpc) is 2.72. The molecular formula is C25H47N2O6S+. The average molecular weight is 504 g/mol. The second-order valence-electron chi connectivity index (χ2n) is 9.82. The van der Waals surface area contributed by atoms with Gasteiger partial charge in [-0.15, -0.1) is 0 Å². The molecule has 0 aromatic heterocycles. The van der Waals surface area contributed by atoms with E-state index in [0.717, 1.165) is 19.6 Å². The summed E-state index contributed by atoms with van der Waals surface area (Å²) in [6.45, 7) is 15.5. The van der Waals surface area contributed by atoms with Crippen LogP contribution in [0.15, 0.2) is 18.2 Å². The highest BCUT2D eigenvalue weighted by molar-refractivity contribution is 7.85. The summed E-state index contributed by atoms with van der Waals surface area (Å²) in [6, 6.07) is 6.54. The van der Waals surface area contributed by atoms with E-state index in [9.17, 15) is 8.42 Å². The maximum atomic E-state index is 10.9. The van der Waals surface area contributed by atoms with Gasteiger partial charge in [0, 0.05) is 25.2 Å². The zero-order valence-electron chi connectivity index (χ0n) is 22.2. The van der Waals surface area contributed by atoms with Crippen LogP contribution in [0, 0.1) is 13.8 Å². The van der Waals surface area contributed by atoms with Crippen molar-refractivity contribution in [3.8, 4) is 0 Å². The number of ether oxygens (including phenoxy) is 3. The Labute approximate surface area is 207 Å². The lowest BCUT2D eigenvalue weighted by atomic mass is 10.1. The lowest BCUT2D eigenvalue weighted by Crippen LogP contribution is -2.43. The molecule has 0 saturated heterocycles. The lowest BCUT2D eigenvalue weighted by Gasteiger charge is -2.30. The number of anilines is 1. The Morgan fingerprint density at radius 1 is 1.03 bits per heavy atom. The van der Waals surface area contributed by atoms with Gasteiger partial charge in [-0.2, -0.15) is 8.42 Å². The Kier molecular flexibility index (Phi) is 13.6. The molecule has 1 aromatic carbocycles. The van der Waals surface area contributed by atoms with Crippen LogP contribution in [0.5, 0.6) is 0 Å². The summed E-state index contributed by atoms with van der Waals surface area (Å²) in [5, 5.41) is 0. The van der Waals surface area contributed by atoms with E-state index >= 15 is 0 Å². The Balaban J connectivity index is 2.48. The Morgan fingerprint density at radius 3 is 2.32 bits per heavy atom. The van der Waals surface area contributed by atoms with Gasteiger partial charge < -0.3 is 23.6 Å². The molecule has 0 aliphatic carbocycles. The van der Waals surface area contributed by atoms with Crippen molar-refractivity contribution in [3.05, 3.63) is 29.3 Å². The highest BCUT2D eigenvalue weighted by Crippen LogP contribution is 2.19. The van der Waals surface area contributed by atoms with Crippen molar-refractivity contribution in [1.29, 1.82) is 0 Å². The van der Waals surface area contributed by atoms with Gasteiger partial charge in [-0.1, -0.05) is 6.07 Å². The molecule has 8 nitrogen and oxygen atoms in total. The second kappa shape index (κ2) is 15.0. The Hall–Kier alpha value is -1.23. The largest absolute Gasteiger partial charge is 0.376 e. The Bertz CT molecular complexity index is 814. The molecule has 0 heterocycles. The van der Waals surface area contributed by atoms with E-state index in [2.05, 4.69) is 43.9 Å². The summed E-state index contributed by atoms with van der Waals surface area (Å²) in [6.07, 6.45) is 0.487. The predicted octanol–water partition coefficient (Wildman–Crippen LogP) is 3.31. The smallest absolute Gasteiger partial charge is 0.265 e. The minimum atomic E-state index is -3.90. The van der Waals surface area contributed by atoms with Gasteiger partial charge in [-0.3, -0.25) is 4.55 Å². The summed E-state index contributed by atoms with van der Waals surface area (Å²) in [5.74, 6) is -0.208. The number of hydrogen-bond donors (Lipinski definition) is 1. The molecule has 0 fully saturated rings. The normalized spacial score (nSPS) is 13.4. The number of quaternary nitrogens is 1. The fourth-order valence-corrected chi connectivity index (χ4v) is 4.01. The van der Waals surface area contributed by atoms with Crippen molar-refractivity contribution in [2.24, 2.45) is 0 Å². The van der Waals surface area contributed by atoms with E-state index < -0.39 is 10.1 Å². The molecule has 198 valence electrons. The second-order valence-corrected chi connectivity index (χ2v) is 11.4. The predicted molar refractivity (Wildman–Crippen MR) is 138 cm³/mol. The highest BCUT2D eigenvalue weighted by atomic mass is 32.2. The first-order valence-corrected chi connectivity index (χ1v) is 13.8. The van der Waals surface area contributed by atoms with Crippen molar-refractivity contribution in [2.75, 3.05) is 77.4 Å². The zero-order chi connectivity index (χ0) is 25.8. The van der Waals surface area contributed by atoms with Gasteiger partial charge in [-0.05, 0) is 57.9 Å². The van der Waals surface area contributed by atoms with Gasteiger partial charge >= 0.3 is 0 Å². The van der Waals surface area contributed by atoms with Crippen LogP contribution in [0.2, 0.25) is 0 Å². The third kappa shape index (κ3) is 13.6. The molecule has 0 amide bonds. The Morgan fingerprint density at radius 2 is 1.74 bits per heavy atom. The molecule has 0 bridgehead atoms. The van der Waals surface area contributed by atoms with E-state index in [1.54, 1.807) is 0 Å². The molecular weight excluding hydrogens is 456 g/mol. The van der Waals surface area contributed by atoms with Gasteiger partial charge in [0.15, 0.2) is 0 Å². The number of rotatable bonds is 18. The lowest BCUT2D eigenvalue weighted by molar-refractivity contribution is -0.890. The van der Waals surface area contributed by atoms with Crippen LogP contribution < -0.4 is 4.90 Å². The minimum absolute atomic E-state index is 0.0692.